The van der Waals surface area contributed by atoms with E-state index >= 15 is 0 Å². The van der Waals surface area contributed by atoms with Crippen molar-refractivity contribution in [2.24, 2.45) is 5.92 Å². The third-order valence-corrected chi connectivity index (χ3v) is 4.68. The van der Waals surface area contributed by atoms with Gasteiger partial charge in [0.1, 0.15) is 0 Å². The smallest absolute Gasteiger partial charge is 0.0231 e. The van der Waals surface area contributed by atoms with Crippen LogP contribution < -0.4 is 5.32 Å². The first kappa shape index (κ1) is 16.5. The zero-order valence-corrected chi connectivity index (χ0v) is 13.9. The zero-order valence-electron chi connectivity index (χ0n) is 13.9. The Morgan fingerprint density at radius 1 is 1.14 bits per heavy atom. The number of nitrogens with one attached hydrogen (secondary N) is 1. The minimum Gasteiger partial charge on any atom is -0.312 e. The highest BCUT2D eigenvalue weighted by molar-refractivity contribution is 5.14. The van der Waals surface area contributed by atoms with Gasteiger partial charge in [0, 0.05) is 19.1 Å². The van der Waals surface area contributed by atoms with E-state index in [4.69, 9.17) is 0 Å². The van der Waals surface area contributed by atoms with Crippen molar-refractivity contribution in [3.05, 3.63) is 35.9 Å². The first-order valence-electron chi connectivity index (χ1n) is 8.75. The van der Waals surface area contributed by atoms with E-state index in [1.54, 1.807) is 0 Å². The molecule has 21 heavy (non-hydrogen) atoms. The molecule has 0 saturated heterocycles. The summed E-state index contributed by atoms with van der Waals surface area (Å²) in [5.41, 5.74) is 1.41. The van der Waals surface area contributed by atoms with Crippen molar-refractivity contribution in [3.8, 4) is 0 Å². The van der Waals surface area contributed by atoms with Crippen LogP contribution in [0.1, 0.15) is 51.0 Å². The Morgan fingerprint density at radius 2 is 1.86 bits per heavy atom. The molecule has 1 saturated carbocycles. The maximum Gasteiger partial charge on any atom is 0.0231 e. The van der Waals surface area contributed by atoms with Crippen LogP contribution >= 0.6 is 0 Å². The Hall–Kier alpha value is -0.860. The first-order chi connectivity index (χ1) is 10.3. The highest BCUT2D eigenvalue weighted by Gasteiger charge is 2.24. The van der Waals surface area contributed by atoms with E-state index in [9.17, 15) is 0 Å². The summed E-state index contributed by atoms with van der Waals surface area (Å²) in [6.45, 7) is 5.64. The number of rotatable bonds is 8. The molecule has 0 aliphatic heterocycles. The number of benzene rings is 1. The molecule has 0 amide bonds. The molecule has 1 N–H and O–H groups in total. The highest BCUT2D eigenvalue weighted by Crippen LogP contribution is 2.27. The SMILES string of the molecule is CCCNC(CN(C)Cc1ccccc1)C1CCCCC1. The lowest BCUT2D eigenvalue weighted by molar-refractivity contribution is 0.201. The van der Waals surface area contributed by atoms with E-state index in [1.807, 2.05) is 0 Å². The van der Waals surface area contributed by atoms with Gasteiger partial charge in [-0.15, -0.1) is 0 Å². The second-order valence-electron chi connectivity index (χ2n) is 6.64. The third-order valence-electron chi connectivity index (χ3n) is 4.68. The molecule has 118 valence electrons. The van der Waals surface area contributed by atoms with Gasteiger partial charge in [0.2, 0.25) is 0 Å². The van der Waals surface area contributed by atoms with Crippen LogP contribution in [0.15, 0.2) is 30.3 Å². The number of hydrogen-bond donors (Lipinski definition) is 1. The minimum absolute atomic E-state index is 0.666. The van der Waals surface area contributed by atoms with Gasteiger partial charge in [0.25, 0.3) is 0 Å². The lowest BCUT2D eigenvalue weighted by Crippen LogP contribution is -2.45. The predicted molar refractivity (Wildman–Crippen MR) is 91.4 cm³/mol. The first-order valence-corrected chi connectivity index (χ1v) is 8.75. The molecular weight excluding hydrogens is 256 g/mol. The molecule has 1 unspecified atom stereocenters. The zero-order chi connectivity index (χ0) is 14.9. The molecular formula is C19H32N2. The van der Waals surface area contributed by atoms with E-state index in [2.05, 4.69) is 54.5 Å². The topological polar surface area (TPSA) is 15.3 Å². The molecule has 0 bridgehead atoms. The lowest BCUT2D eigenvalue weighted by atomic mass is 9.83. The van der Waals surface area contributed by atoms with Crippen LogP contribution in [-0.4, -0.2) is 31.1 Å². The van der Waals surface area contributed by atoms with Crippen LogP contribution in [0, 0.1) is 5.92 Å². The quantitative estimate of drug-likeness (QED) is 0.776. The summed E-state index contributed by atoms with van der Waals surface area (Å²) < 4.78 is 0. The average molecular weight is 288 g/mol. The monoisotopic (exact) mass is 288 g/mol. The highest BCUT2D eigenvalue weighted by atomic mass is 15.1. The summed E-state index contributed by atoms with van der Waals surface area (Å²) in [6, 6.07) is 11.5. The molecule has 2 heteroatoms. The molecule has 2 nitrogen and oxygen atoms in total. The fraction of sp³-hybridized carbons (Fsp3) is 0.684. The molecule has 1 atom stereocenters. The van der Waals surface area contributed by atoms with Crippen molar-refractivity contribution in [1.29, 1.82) is 0 Å². The Bertz CT molecular complexity index is 370. The maximum absolute atomic E-state index is 3.81. The van der Waals surface area contributed by atoms with Crippen molar-refractivity contribution in [2.75, 3.05) is 20.1 Å². The normalized spacial score (nSPS) is 18.0. The van der Waals surface area contributed by atoms with Crippen molar-refractivity contribution in [2.45, 2.75) is 58.0 Å². The summed E-state index contributed by atoms with van der Waals surface area (Å²) >= 11 is 0. The van der Waals surface area contributed by atoms with E-state index in [1.165, 1.54) is 50.6 Å². The van der Waals surface area contributed by atoms with Gasteiger partial charge in [0.15, 0.2) is 0 Å². The van der Waals surface area contributed by atoms with E-state index in [0.717, 1.165) is 19.0 Å². The molecule has 0 spiro atoms. The summed E-state index contributed by atoms with van der Waals surface area (Å²) in [7, 11) is 2.26. The number of likely N-dealkylation sites (N-methyl/N-ethyl adjacent to an activating group) is 1. The average Bonchev–Trinajstić information content (AvgIpc) is 2.53. The minimum atomic E-state index is 0.666. The summed E-state index contributed by atoms with van der Waals surface area (Å²) in [4.78, 5) is 2.48. The molecule has 1 aromatic carbocycles. The van der Waals surface area contributed by atoms with Gasteiger partial charge in [-0.1, -0.05) is 56.5 Å². The second kappa shape index (κ2) is 9.22. The maximum atomic E-state index is 3.81. The van der Waals surface area contributed by atoms with Crippen molar-refractivity contribution < 1.29 is 0 Å². The fourth-order valence-electron chi connectivity index (χ4n) is 3.54. The van der Waals surface area contributed by atoms with Crippen LogP contribution in [0.5, 0.6) is 0 Å². The van der Waals surface area contributed by atoms with Gasteiger partial charge >= 0.3 is 0 Å². The van der Waals surface area contributed by atoms with Crippen LogP contribution in [0.3, 0.4) is 0 Å². The van der Waals surface area contributed by atoms with Gasteiger partial charge in [-0.3, -0.25) is 0 Å². The Kier molecular flexibility index (Phi) is 7.25. The van der Waals surface area contributed by atoms with Crippen LogP contribution in [0.25, 0.3) is 0 Å². The van der Waals surface area contributed by atoms with Crippen LogP contribution in [0.2, 0.25) is 0 Å². The Balaban J connectivity index is 1.87. The molecule has 2 rings (SSSR count). The van der Waals surface area contributed by atoms with Gasteiger partial charge in [-0.2, -0.15) is 0 Å². The second-order valence-corrected chi connectivity index (χ2v) is 6.64. The summed E-state index contributed by atoms with van der Waals surface area (Å²) in [5, 5.41) is 3.81. The standard InChI is InChI=1S/C19H32N2/c1-3-14-20-19(18-12-8-5-9-13-18)16-21(2)15-17-10-6-4-7-11-17/h4,6-7,10-11,18-20H,3,5,8-9,12-16H2,1-2H3. The molecule has 1 aliphatic carbocycles. The largest absolute Gasteiger partial charge is 0.312 e. The lowest BCUT2D eigenvalue weighted by Gasteiger charge is -2.34. The van der Waals surface area contributed by atoms with E-state index in [0.29, 0.717) is 6.04 Å². The molecule has 0 radical (unpaired) electrons. The van der Waals surface area contributed by atoms with E-state index < -0.39 is 0 Å². The van der Waals surface area contributed by atoms with Crippen molar-refractivity contribution in [1.82, 2.24) is 10.2 Å². The van der Waals surface area contributed by atoms with Crippen molar-refractivity contribution in [3.63, 3.8) is 0 Å². The molecule has 0 aromatic heterocycles. The molecule has 1 aliphatic rings. The number of hydrogen-bond acceptors (Lipinski definition) is 2. The molecule has 1 fully saturated rings. The summed E-state index contributed by atoms with van der Waals surface area (Å²) in [5.74, 6) is 0.878. The molecule has 0 heterocycles. The molecule has 1 aromatic rings. The fourth-order valence-corrected chi connectivity index (χ4v) is 3.54. The van der Waals surface area contributed by atoms with Gasteiger partial charge in [-0.05, 0) is 44.3 Å². The van der Waals surface area contributed by atoms with Gasteiger partial charge in [0.05, 0.1) is 0 Å². The van der Waals surface area contributed by atoms with Crippen LogP contribution in [-0.2, 0) is 6.54 Å². The van der Waals surface area contributed by atoms with Gasteiger partial charge < -0.3 is 10.2 Å². The van der Waals surface area contributed by atoms with Crippen molar-refractivity contribution >= 4 is 0 Å². The van der Waals surface area contributed by atoms with Crippen LogP contribution in [0.4, 0.5) is 0 Å². The van der Waals surface area contributed by atoms with E-state index in [-0.39, 0.29) is 0 Å². The predicted octanol–water partition coefficient (Wildman–Crippen LogP) is 4.07. The Morgan fingerprint density at radius 3 is 2.52 bits per heavy atom. The third kappa shape index (κ3) is 5.80. The summed E-state index contributed by atoms with van der Waals surface area (Å²) in [6.07, 6.45) is 8.36. The Labute approximate surface area is 130 Å². The van der Waals surface area contributed by atoms with Gasteiger partial charge in [-0.25, -0.2) is 0 Å². The number of nitrogens with zero attached hydrogens (tertiary/aromatic N) is 1.